The van der Waals surface area contributed by atoms with E-state index in [0.717, 1.165) is 25.5 Å². The number of nitrogens with zero attached hydrogens (tertiary/aromatic N) is 3. The van der Waals surface area contributed by atoms with E-state index in [4.69, 9.17) is 0 Å². The van der Waals surface area contributed by atoms with Gasteiger partial charge in [-0.1, -0.05) is 29.5 Å². The van der Waals surface area contributed by atoms with Gasteiger partial charge < -0.3 is 5.32 Å². The Morgan fingerprint density at radius 2 is 2.03 bits per heavy atom. The first-order valence-corrected chi connectivity index (χ1v) is 11.1. The number of rotatable bonds is 5. The molecule has 0 aliphatic heterocycles. The van der Waals surface area contributed by atoms with Crippen LogP contribution >= 0.6 is 11.3 Å². The van der Waals surface area contributed by atoms with Crippen LogP contribution in [0.3, 0.4) is 0 Å². The summed E-state index contributed by atoms with van der Waals surface area (Å²) in [7, 11) is -2.47. The summed E-state index contributed by atoms with van der Waals surface area (Å²) in [5.41, 5.74) is 1.90. The smallest absolute Gasteiger partial charge is 0.243 e. The number of carbonyl (C=O) groups excluding carboxylic acids is 1. The fourth-order valence-electron chi connectivity index (χ4n) is 3.02. The fraction of sp³-hybridized carbons (Fsp3) is 0.150. The minimum absolute atomic E-state index is 0.142. The lowest BCUT2D eigenvalue weighted by atomic mass is 10.2. The molecule has 9 heteroatoms. The van der Waals surface area contributed by atoms with Crippen LogP contribution in [0.4, 0.5) is 5.13 Å². The van der Waals surface area contributed by atoms with Gasteiger partial charge in [-0.3, -0.25) is 9.78 Å². The van der Waals surface area contributed by atoms with E-state index in [1.54, 1.807) is 30.6 Å². The molecule has 2 aromatic carbocycles. The van der Waals surface area contributed by atoms with Crippen LogP contribution in [-0.4, -0.2) is 42.2 Å². The third-order valence-corrected chi connectivity index (χ3v) is 7.28. The van der Waals surface area contributed by atoms with Gasteiger partial charge in [0.05, 0.1) is 21.7 Å². The number of carbonyl (C=O) groups is 1. The normalized spacial score (nSPS) is 12.0. The zero-order chi connectivity index (χ0) is 20.6. The van der Waals surface area contributed by atoms with Crippen LogP contribution in [0.1, 0.15) is 5.56 Å². The zero-order valence-corrected chi connectivity index (χ0v) is 17.4. The first-order valence-electron chi connectivity index (χ1n) is 8.81. The molecule has 2 heterocycles. The molecule has 4 rings (SSSR count). The van der Waals surface area contributed by atoms with Gasteiger partial charge in [0.2, 0.25) is 15.9 Å². The van der Waals surface area contributed by atoms with Gasteiger partial charge >= 0.3 is 0 Å². The Balaban J connectivity index is 1.54. The summed E-state index contributed by atoms with van der Waals surface area (Å²) < 4.78 is 28.1. The molecule has 0 bridgehead atoms. The summed E-state index contributed by atoms with van der Waals surface area (Å²) in [6.07, 6.45) is 3.15. The van der Waals surface area contributed by atoms with E-state index in [9.17, 15) is 13.2 Å². The maximum atomic E-state index is 13.0. The zero-order valence-electron chi connectivity index (χ0n) is 15.8. The molecule has 0 aliphatic carbocycles. The van der Waals surface area contributed by atoms with Gasteiger partial charge in [0.25, 0.3) is 0 Å². The lowest BCUT2D eigenvalue weighted by Gasteiger charge is -2.17. The van der Waals surface area contributed by atoms with Crippen molar-refractivity contribution in [3.05, 3.63) is 60.4 Å². The Morgan fingerprint density at radius 1 is 1.21 bits per heavy atom. The summed E-state index contributed by atoms with van der Waals surface area (Å²) in [5, 5.41) is 4.42. The molecule has 148 valence electrons. The molecular weight excluding hydrogens is 408 g/mol. The largest absolute Gasteiger partial charge is 0.301 e. The average molecular weight is 427 g/mol. The van der Waals surface area contributed by atoms with Gasteiger partial charge in [-0.05, 0) is 36.8 Å². The molecule has 29 heavy (non-hydrogen) atoms. The van der Waals surface area contributed by atoms with Gasteiger partial charge in [0, 0.05) is 30.2 Å². The molecule has 0 unspecified atom stereocenters. The highest BCUT2D eigenvalue weighted by Crippen LogP contribution is 2.27. The summed E-state index contributed by atoms with van der Waals surface area (Å²) in [5.74, 6) is -0.450. The summed E-state index contributed by atoms with van der Waals surface area (Å²) in [4.78, 5) is 21.0. The number of likely N-dealkylation sites (N-methyl/N-ethyl adjacent to an activating group) is 1. The highest BCUT2D eigenvalue weighted by molar-refractivity contribution is 7.89. The predicted molar refractivity (Wildman–Crippen MR) is 115 cm³/mol. The number of pyridine rings is 1. The van der Waals surface area contributed by atoms with E-state index in [2.05, 4.69) is 15.3 Å². The molecular formula is C20H18N4O3S2. The Bertz CT molecular complexity index is 1330. The van der Waals surface area contributed by atoms with E-state index in [1.165, 1.54) is 24.5 Å². The standard InChI is InChI=1S/C20H18N4O3S2/c1-13-6-7-16-17(10-13)28-20(22-16)23-19(25)12-24(2)29(26,27)18-5-3-4-14-11-21-9-8-15(14)18/h3-11H,12H2,1-2H3,(H,22,23,25). The van der Waals surface area contributed by atoms with Gasteiger partial charge in [-0.25, -0.2) is 13.4 Å². The van der Waals surface area contributed by atoms with E-state index in [-0.39, 0.29) is 11.4 Å². The van der Waals surface area contributed by atoms with Crippen molar-refractivity contribution in [3.63, 3.8) is 0 Å². The van der Waals surface area contributed by atoms with Crippen LogP contribution in [0.2, 0.25) is 0 Å². The third kappa shape index (κ3) is 3.84. The Labute approximate surface area is 172 Å². The molecule has 2 aromatic heterocycles. The number of amides is 1. The molecule has 0 spiro atoms. The number of aryl methyl sites for hydroxylation is 1. The number of anilines is 1. The quantitative estimate of drug-likeness (QED) is 0.528. The molecule has 1 N–H and O–H groups in total. The van der Waals surface area contributed by atoms with E-state index in [1.807, 2.05) is 25.1 Å². The van der Waals surface area contributed by atoms with Crippen molar-refractivity contribution in [1.29, 1.82) is 0 Å². The Kier molecular flexibility index (Phi) is 5.03. The van der Waals surface area contributed by atoms with Gasteiger partial charge in [-0.15, -0.1) is 0 Å². The molecule has 0 aliphatic rings. The summed E-state index contributed by atoms with van der Waals surface area (Å²) >= 11 is 1.35. The number of thiazole rings is 1. The van der Waals surface area contributed by atoms with Crippen molar-refractivity contribution >= 4 is 53.4 Å². The van der Waals surface area contributed by atoms with Gasteiger partial charge in [0.1, 0.15) is 0 Å². The number of aromatic nitrogens is 2. The molecule has 7 nitrogen and oxygen atoms in total. The highest BCUT2D eigenvalue weighted by Gasteiger charge is 2.25. The van der Waals surface area contributed by atoms with Gasteiger partial charge in [0.15, 0.2) is 5.13 Å². The second-order valence-electron chi connectivity index (χ2n) is 6.65. The minimum atomic E-state index is -3.86. The number of sulfonamides is 1. The molecule has 4 aromatic rings. The van der Waals surface area contributed by atoms with Crippen LogP contribution in [-0.2, 0) is 14.8 Å². The molecule has 0 atom stereocenters. The highest BCUT2D eigenvalue weighted by atomic mass is 32.2. The van der Waals surface area contributed by atoms with Crippen LogP contribution in [0.15, 0.2) is 59.8 Å². The van der Waals surface area contributed by atoms with Gasteiger partial charge in [-0.2, -0.15) is 4.31 Å². The second kappa shape index (κ2) is 7.51. The van der Waals surface area contributed by atoms with Crippen molar-refractivity contribution in [1.82, 2.24) is 14.3 Å². The predicted octanol–water partition coefficient (Wildman–Crippen LogP) is 3.41. The van der Waals surface area contributed by atoms with E-state index >= 15 is 0 Å². The number of hydrogen-bond donors (Lipinski definition) is 1. The monoisotopic (exact) mass is 426 g/mol. The first-order chi connectivity index (χ1) is 13.8. The molecule has 0 radical (unpaired) electrons. The molecule has 0 saturated heterocycles. The van der Waals surface area contributed by atoms with Crippen LogP contribution in [0.25, 0.3) is 21.0 Å². The lowest BCUT2D eigenvalue weighted by molar-refractivity contribution is -0.116. The van der Waals surface area contributed by atoms with Crippen LogP contribution in [0, 0.1) is 6.92 Å². The first kappa shape index (κ1) is 19.4. The fourth-order valence-corrected chi connectivity index (χ4v) is 5.33. The Hall–Kier alpha value is -2.88. The summed E-state index contributed by atoms with van der Waals surface area (Å²) in [6.45, 7) is 1.67. The topological polar surface area (TPSA) is 92.3 Å². The third-order valence-electron chi connectivity index (χ3n) is 4.49. The molecule has 0 fully saturated rings. The van der Waals surface area contributed by atoms with E-state index < -0.39 is 15.9 Å². The number of hydrogen-bond acceptors (Lipinski definition) is 6. The van der Waals surface area contributed by atoms with Crippen molar-refractivity contribution < 1.29 is 13.2 Å². The lowest BCUT2D eigenvalue weighted by Crippen LogP contribution is -2.35. The number of nitrogens with one attached hydrogen (secondary N) is 1. The van der Waals surface area contributed by atoms with Crippen molar-refractivity contribution in [3.8, 4) is 0 Å². The Morgan fingerprint density at radius 3 is 2.86 bits per heavy atom. The molecule has 0 saturated carbocycles. The SMILES string of the molecule is Cc1ccc2nc(NC(=O)CN(C)S(=O)(=O)c3cccc4cnccc34)sc2c1. The minimum Gasteiger partial charge on any atom is -0.301 e. The van der Waals surface area contributed by atoms with E-state index in [0.29, 0.717) is 10.5 Å². The molecule has 1 amide bonds. The average Bonchev–Trinajstić information content (AvgIpc) is 3.08. The van der Waals surface area contributed by atoms with Crippen molar-refractivity contribution in [2.24, 2.45) is 0 Å². The number of fused-ring (bicyclic) bond motifs is 2. The number of benzene rings is 2. The van der Waals surface area contributed by atoms with Crippen LogP contribution < -0.4 is 5.32 Å². The van der Waals surface area contributed by atoms with Crippen LogP contribution in [0.5, 0.6) is 0 Å². The van der Waals surface area contributed by atoms with Crippen molar-refractivity contribution in [2.75, 3.05) is 18.9 Å². The maximum Gasteiger partial charge on any atom is 0.243 e. The van der Waals surface area contributed by atoms with Crippen molar-refractivity contribution in [2.45, 2.75) is 11.8 Å². The maximum absolute atomic E-state index is 13.0. The second-order valence-corrected chi connectivity index (χ2v) is 9.70. The summed E-state index contributed by atoms with van der Waals surface area (Å²) in [6, 6.07) is 12.5.